The highest BCUT2D eigenvalue weighted by Crippen LogP contribution is 2.38. The molecule has 1 aliphatic heterocycles. The second-order valence-corrected chi connectivity index (χ2v) is 10.5. The smallest absolute Gasteiger partial charge is 0.265 e. The van der Waals surface area contributed by atoms with Crippen molar-refractivity contribution in [1.82, 2.24) is 10.5 Å². The normalized spacial score (nSPS) is 16.5. The van der Waals surface area contributed by atoms with Gasteiger partial charge >= 0.3 is 0 Å². The summed E-state index contributed by atoms with van der Waals surface area (Å²) in [5, 5.41) is 9.99. The highest BCUT2D eigenvalue weighted by molar-refractivity contribution is 7.93. The molecule has 1 aliphatic rings. The van der Waals surface area contributed by atoms with Gasteiger partial charge in [0.25, 0.3) is 5.91 Å². The molecular weight excluding hydrogens is 424 g/mol. The standard InChI is InChI=1S/C21H22N2O5S2/c1-2-14-3-5-15(6-4-14)19-22-17-8-7-16(13-18(17)29-19)30(26,27)21(20(24)23-25)9-11-28-12-10-21/h3-8,13,25H,2,9-12H2,1H3,(H,23,24). The van der Waals surface area contributed by atoms with Crippen molar-refractivity contribution < 1.29 is 23.2 Å². The lowest BCUT2D eigenvalue weighted by molar-refractivity contribution is -0.134. The van der Waals surface area contributed by atoms with Gasteiger partial charge in [0.05, 0.1) is 15.1 Å². The monoisotopic (exact) mass is 446 g/mol. The Labute approximate surface area is 178 Å². The first kappa shape index (κ1) is 20.9. The number of benzene rings is 2. The molecule has 7 nitrogen and oxygen atoms in total. The number of amides is 1. The number of aromatic nitrogens is 1. The van der Waals surface area contributed by atoms with Crippen LogP contribution < -0.4 is 5.48 Å². The molecule has 30 heavy (non-hydrogen) atoms. The average Bonchev–Trinajstić information content (AvgIpc) is 3.22. The van der Waals surface area contributed by atoms with E-state index in [1.807, 2.05) is 12.1 Å². The zero-order valence-corrected chi connectivity index (χ0v) is 18.1. The number of ether oxygens (including phenoxy) is 1. The molecule has 158 valence electrons. The van der Waals surface area contributed by atoms with Crippen LogP contribution in [0.25, 0.3) is 20.8 Å². The van der Waals surface area contributed by atoms with Crippen LogP contribution in [0.4, 0.5) is 0 Å². The molecule has 9 heteroatoms. The summed E-state index contributed by atoms with van der Waals surface area (Å²) in [6.45, 7) is 2.36. The zero-order chi connectivity index (χ0) is 21.4. The molecule has 2 N–H and O–H groups in total. The van der Waals surface area contributed by atoms with Gasteiger partial charge in [-0.1, -0.05) is 31.2 Å². The van der Waals surface area contributed by atoms with Crippen molar-refractivity contribution >= 4 is 37.3 Å². The molecule has 0 radical (unpaired) electrons. The molecule has 0 saturated carbocycles. The van der Waals surface area contributed by atoms with Crippen LogP contribution in [0.1, 0.15) is 25.3 Å². The van der Waals surface area contributed by atoms with Crippen molar-refractivity contribution in [2.24, 2.45) is 0 Å². The number of hydrogen-bond donors (Lipinski definition) is 2. The molecule has 1 fully saturated rings. The van der Waals surface area contributed by atoms with E-state index in [-0.39, 0.29) is 31.0 Å². The predicted octanol–water partition coefficient (Wildman–Crippen LogP) is 3.35. The van der Waals surface area contributed by atoms with Crippen molar-refractivity contribution in [3.8, 4) is 10.6 Å². The van der Waals surface area contributed by atoms with Gasteiger partial charge in [-0.2, -0.15) is 0 Å². The summed E-state index contributed by atoms with van der Waals surface area (Å²) in [6.07, 6.45) is 0.921. The van der Waals surface area contributed by atoms with Crippen molar-refractivity contribution in [2.75, 3.05) is 13.2 Å². The molecule has 0 bridgehead atoms. The van der Waals surface area contributed by atoms with Crippen LogP contribution in [0.15, 0.2) is 47.4 Å². The maximum Gasteiger partial charge on any atom is 0.265 e. The molecule has 0 atom stereocenters. The van der Waals surface area contributed by atoms with E-state index in [1.165, 1.54) is 23.0 Å². The first-order chi connectivity index (χ1) is 14.4. The van der Waals surface area contributed by atoms with Crippen LogP contribution in [0.2, 0.25) is 0 Å². The minimum atomic E-state index is -4.06. The van der Waals surface area contributed by atoms with Gasteiger partial charge in [-0.25, -0.2) is 18.9 Å². The summed E-state index contributed by atoms with van der Waals surface area (Å²) in [6, 6.07) is 12.8. The molecule has 0 spiro atoms. The number of sulfone groups is 1. The first-order valence-electron chi connectivity index (χ1n) is 9.68. The molecule has 0 unspecified atom stereocenters. The van der Waals surface area contributed by atoms with Gasteiger partial charge in [-0.3, -0.25) is 10.0 Å². The van der Waals surface area contributed by atoms with Gasteiger partial charge < -0.3 is 4.74 Å². The van der Waals surface area contributed by atoms with Crippen molar-refractivity contribution in [3.63, 3.8) is 0 Å². The highest BCUT2D eigenvalue weighted by Gasteiger charge is 2.52. The van der Waals surface area contributed by atoms with Crippen molar-refractivity contribution in [2.45, 2.75) is 35.8 Å². The second-order valence-electron chi connectivity index (χ2n) is 7.25. The minimum absolute atomic E-state index is 0.0164. The van der Waals surface area contributed by atoms with E-state index < -0.39 is 20.5 Å². The fraction of sp³-hybridized carbons (Fsp3) is 0.333. The molecule has 2 heterocycles. The van der Waals surface area contributed by atoms with E-state index in [0.717, 1.165) is 21.7 Å². The van der Waals surface area contributed by atoms with Gasteiger partial charge in [0.1, 0.15) is 5.01 Å². The van der Waals surface area contributed by atoms with Gasteiger partial charge in [0, 0.05) is 18.8 Å². The molecule has 0 aliphatic carbocycles. The van der Waals surface area contributed by atoms with Crippen LogP contribution in [0, 0.1) is 0 Å². The lowest BCUT2D eigenvalue weighted by Gasteiger charge is -2.34. The van der Waals surface area contributed by atoms with E-state index >= 15 is 0 Å². The molecule has 1 aromatic heterocycles. The predicted molar refractivity (Wildman–Crippen MR) is 114 cm³/mol. The number of carbonyl (C=O) groups excluding carboxylic acids is 1. The molecule has 3 aromatic rings. The molecule has 1 amide bonds. The number of fused-ring (bicyclic) bond motifs is 1. The van der Waals surface area contributed by atoms with Crippen LogP contribution in [-0.2, 0) is 25.8 Å². The quantitative estimate of drug-likeness (QED) is 0.460. The summed E-state index contributed by atoms with van der Waals surface area (Å²) in [7, 11) is -4.06. The third-order valence-corrected chi connectivity index (χ3v) is 9.17. The molecule has 1 saturated heterocycles. The van der Waals surface area contributed by atoms with Gasteiger partial charge in [0.2, 0.25) is 0 Å². The van der Waals surface area contributed by atoms with Gasteiger partial charge in [-0.15, -0.1) is 11.3 Å². The number of hydrogen-bond acceptors (Lipinski definition) is 7. The van der Waals surface area contributed by atoms with Gasteiger partial charge in [0.15, 0.2) is 14.6 Å². The fourth-order valence-electron chi connectivity index (χ4n) is 3.73. The van der Waals surface area contributed by atoms with Crippen LogP contribution >= 0.6 is 11.3 Å². The summed E-state index contributed by atoms with van der Waals surface area (Å²) in [5.74, 6) is -0.924. The summed E-state index contributed by atoms with van der Waals surface area (Å²) in [5.41, 5.74) is 4.44. The maximum atomic E-state index is 13.5. The molecular formula is C21H22N2O5S2. The topological polar surface area (TPSA) is 106 Å². The van der Waals surface area contributed by atoms with Crippen LogP contribution in [0.3, 0.4) is 0 Å². The Morgan fingerprint density at radius 2 is 1.90 bits per heavy atom. The Hall–Kier alpha value is -2.33. The Morgan fingerprint density at radius 1 is 1.20 bits per heavy atom. The van der Waals surface area contributed by atoms with E-state index in [4.69, 9.17) is 4.74 Å². The largest absolute Gasteiger partial charge is 0.381 e. The number of nitrogens with one attached hydrogen (secondary N) is 1. The van der Waals surface area contributed by atoms with E-state index in [9.17, 15) is 18.4 Å². The van der Waals surface area contributed by atoms with Crippen LogP contribution in [0.5, 0.6) is 0 Å². The van der Waals surface area contributed by atoms with E-state index in [2.05, 4.69) is 24.0 Å². The van der Waals surface area contributed by atoms with E-state index in [0.29, 0.717) is 5.52 Å². The highest BCUT2D eigenvalue weighted by atomic mass is 32.2. The average molecular weight is 447 g/mol. The lowest BCUT2D eigenvalue weighted by atomic mass is 9.98. The molecule has 2 aromatic carbocycles. The minimum Gasteiger partial charge on any atom is -0.381 e. The Balaban J connectivity index is 1.76. The maximum absolute atomic E-state index is 13.5. The Morgan fingerprint density at radius 3 is 2.53 bits per heavy atom. The number of carbonyl (C=O) groups is 1. The Bertz CT molecular complexity index is 1180. The Kier molecular flexibility index (Phi) is 5.63. The molecule has 4 rings (SSSR count). The number of thiazole rings is 1. The summed E-state index contributed by atoms with van der Waals surface area (Å²) < 4.78 is 31.1. The van der Waals surface area contributed by atoms with Crippen LogP contribution in [-0.4, -0.2) is 42.5 Å². The first-order valence-corrected chi connectivity index (χ1v) is 12.0. The number of nitrogens with zero attached hydrogens (tertiary/aromatic N) is 1. The number of hydroxylamine groups is 1. The third kappa shape index (κ3) is 3.41. The number of aryl methyl sites for hydroxylation is 1. The van der Waals surface area contributed by atoms with Crippen molar-refractivity contribution in [3.05, 3.63) is 48.0 Å². The third-order valence-electron chi connectivity index (χ3n) is 5.61. The number of rotatable bonds is 5. The SMILES string of the molecule is CCc1ccc(-c2nc3ccc(S(=O)(=O)C4(C(=O)NO)CCOCC4)cc3s2)cc1. The summed E-state index contributed by atoms with van der Waals surface area (Å²) >= 11 is 1.40. The lowest BCUT2D eigenvalue weighted by Crippen LogP contribution is -2.54. The second kappa shape index (κ2) is 8.07. The zero-order valence-electron chi connectivity index (χ0n) is 16.4. The van der Waals surface area contributed by atoms with Crippen molar-refractivity contribution in [1.29, 1.82) is 0 Å². The van der Waals surface area contributed by atoms with E-state index in [1.54, 1.807) is 17.6 Å². The fourth-order valence-corrected chi connectivity index (χ4v) is 6.78. The summed E-state index contributed by atoms with van der Waals surface area (Å²) in [4.78, 5) is 17.1. The van der Waals surface area contributed by atoms with Gasteiger partial charge in [-0.05, 0) is 43.0 Å².